The van der Waals surface area contributed by atoms with E-state index in [1.54, 1.807) is 0 Å². The van der Waals surface area contributed by atoms with Crippen molar-refractivity contribution in [1.29, 1.82) is 0 Å². The van der Waals surface area contributed by atoms with Crippen molar-refractivity contribution in [1.82, 2.24) is 0 Å². The first-order chi connectivity index (χ1) is 7.70. The zero-order chi connectivity index (χ0) is 11.5. The largest absolute Gasteiger partial charge is 0.493 e. The zero-order valence-electron chi connectivity index (χ0n) is 9.75. The molecule has 1 N–H and O–H groups in total. The Morgan fingerprint density at radius 3 is 3.12 bits per heavy atom. The van der Waals surface area contributed by atoms with Gasteiger partial charge in [-0.2, -0.15) is 0 Å². The Labute approximate surface area is 95.8 Å². The molecule has 1 heterocycles. The van der Waals surface area contributed by atoms with Crippen molar-refractivity contribution in [3.8, 4) is 5.75 Å². The molecule has 3 nitrogen and oxygen atoms in total. The summed E-state index contributed by atoms with van der Waals surface area (Å²) in [6.07, 6.45) is 1.79. The minimum Gasteiger partial charge on any atom is -0.493 e. The minimum absolute atomic E-state index is 0.0597. The van der Waals surface area contributed by atoms with Crippen LogP contribution in [0.2, 0.25) is 0 Å². The maximum absolute atomic E-state index is 11.7. The number of hydrogen-bond acceptors (Lipinski definition) is 2. The Hall–Kier alpha value is -1.51. The molecule has 0 radical (unpaired) electrons. The summed E-state index contributed by atoms with van der Waals surface area (Å²) in [7, 11) is 0. The standard InChI is InChI=1S/C13H17NO2/c1-3-9(2)13(15)14-11-4-5-12-10(8-11)6-7-16-12/h4-5,8-9H,3,6-7H2,1-2H3,(H,14,15). The lowest BCUT2D eigenvalue weighted by molar-refractivity contribution is -0.119. The van der Waals surface area contributed by atoms with Gasteiger partial charge in [0.1, 0.15) is 5.75 Å². The predicted molar refractivity (Wildman–Crippen MR) is 63.7 cm³/mol. The highest BCUT2D eigenvalue weighted by Gasteiger charge is 2.14. The summed E-state index contributed by atoms with van der Waals surface area (Å²) in [6.45, 7) is 4.70. The number of benzene rings is 1. The van der Waals surface area contributed by atoms with E-state index in [4.69, 9.17) is 4.74 Å². The summed E-state index contributed by atoms with van der Waals surface area (Å²) in [5.74, 6) is 1.09. The fourth-order valence-electron chi connectivity index (χ4n) is 1.72. The summed E-state index contributed by atoms with van der Waals surface area (Å²) in [4.78, 5) is 11.7. The molecule has 1 amide bonds. The van der Waals surface area contributed by atoms with E-state index in [9.17, 15) is 4.79 Å². The van der Waals surface area contributed by atoms with Gasteiger partial charge in [0.2, 0.25) is 5.91 Å². The molecule has 3 heteroatoms. The smallest absolute Gasteiger partial charge is 0.227 e. The molecular formula is C13H17NO2. The molecule has 16 heavy (non-hydrogen) atoms. The van der Waals surface area contributed by atoms with Gasteiger partial charge in [-0.3, -0.25) is 4.79 Å². The van der Waals surface area contributed by atoms with Crippen LogP contribution in [-0.4, -0.2) is 12.5 Å². The van der Waals surface area contributed by atoms with Crippen LogP contribution in [0.4, 0.5) is 5.69 Å². The van der Waals surface area contributed by atoms with Crippen molar-refractivity contribution in [3.63, 3.8) is 0 Å². The Balaban J connectivity index is 2.08. The van der Waals surface area contributed by atoms with Crippen LogP contribution in [0.5, 0.6) is 5.75 Å². The molecule has 0 bridgehead atoms. The van der Waals surface area contributed by atoms with Crippen LogP contribution in [0.1, 0.15) is 25.8 Å². The highest BCUT2D eigenvalue weighted by molar-refractivity contribution is 5.92. The summed E-state index contributed by atoms with van der Waals surface area (Å²) < 4.78 is 5.41. The Morgan fingerprint density at radius 1 is 1.56 bits per heavy atom. The fourth-order valence-corrected chi connectivity index (χ4v) is 1.72. The lowest BCUT2D eigenvalue weighted by Gasteiger charge is -2.10. The Bertz CT molecular complexity index is 401. The van der Waals surface area contributed by atoms with Crippen molar-refractivity contribution in [3.05, 3.63) is 23.8 Å². The number of rotatable bonds is 3. The lowest BCUT2D eigenvalue weighted by atomic mass is 10.1. The molecule has 1 aliphatic heterocycles. The maximum atomic E-state index is 11.7. The average molecular weight is 219 g/mol. The van der Waals surface area contributed by atoms with Gasteiger partial charge in [-0.25, -0.2) is 0 Å². The first-order valence-electron chi connectivity index (χ1n) is 5.77. The maximum Gasteiger partial charge on any atom is 0.227 e. The number of carbonyl (C=O) groups is 1. The summed E-state index contributed by atoms with van der Waals surface area (Å²) in [5, 5.41) is 2.93. The van der Waals surface area contributed by atoms with Crippen molar-refractivity contribution in [2.75, 3.05) is 11.9 Å². The van der Waals surface area contributed by atoms with Crippen molar-refractivity contribution in [2.24, 2.45) is 5.92 Å². The van der Waals surface area contributed by atoms with Crippen LogP contribution < -0.4 is 10.1 Å². The molecule has 0 fully saturated rings. The van der Waals surface area contributed by atoms with E-state index in [1.165, 1.54) is 5.56 Å². The van der Waals surface area contributed by atoms with Crippen LogP contribution in [-0.2, 0) is 11.2 Å². The second kappa shape index (κ2) is 4.56. The van der Waals surface area contributed by atoms with Gasteiger partial charge >= 0.3 is 0 Å². The molecule has 1 aliphatic rings. The number of hydrogen-bond donors (Lipinski definition) is 1. The molecule has 1 atom stereocenters. The molecule has 2 rings (SSSR count). The molecule has 0 saturated heterocycles. The summed E-state index contributed by atoms with van der Waals surface area (Å²) in [6, 6.07) is 5.82. The van der Waals surface area contributed by atoms with Gasteiger partial charge in [0.05, 0.1) is 6.61 Å². The molecule has 1 unspecified atom stereocenters. The molecule has 0 aliphatic carbocycles. The quantitative estimate of drug-likeness (QED) is 0.848. The van der Waals surface area contributed by atoms with E-state index in [2.05, 4.69) is 5.32 Å². The molecule has 0 saturated carbocycles. The van der Waals surface area contributed by atoms with Gasteiger partial charge < -0.3 is 10.1 Å². The van der Waals surface area contributed by atoms with E-state index in [1.807, 2.05) is 32.0 Å². The average Bonchev–Trinajstić information content (AvgIpc) is 2.75. The molecule has 0 aromatic heterocycles. The van der Waals surface area contributed by atoms with Gasteiger partial charge in [-0.1, -0.05) is 13.8 Å². The normalized spacial score (nSPS) is 15.1. The van der Waals surface area contributed by atoms with Gasteiger partial charge in [-0.15, -0.1) is 0 Å². The predicted octanol–water partition coefficient (Wildman–Crippen LogP) is 2.61. The molecular weight excluding hydrogens is 202 g/mol. The van der Waals surface area contributed by atoms with Gasteiger partial charge in [0, 0.05) is 18.0 Å². The topological polar surface area (TPSA) is 38.3 Å². The van der Waals surface area contributed by atoms with Crippen LogP contribution in [0.3, 0.4) is 0 Å². The zero-order valence-corrected chi connectivity index (χ0v) is 9.75. The number of fused-ring (bicyclic) bond motifs is 1. The second-order valence-corrected chi connectivity index (χ2v) is 4.22. The van der Waals surface area contributed by atoms with E-state index in [-0.39, 0.29) is 11.8 Å². The van der Waals surface area contributed by atoms with Crippen molar-refractivity contribution < 1.29 is 9.53 Å². The van der Waals surface area contributed by atoms with Crippen LogP contribution in [0.15, 0.2) is 18.2 Å². The second-order valence-electron chi connectivity index (χ2n) is 4.22. The lowest BCUT2D eigenvalue weighted by Crippen LogP contribution is -2.19. The third-order valence-corrected chi connectivity index (χ3v) is 3.02. The highest BCUT2D eigenvalue weighted by Crippen LogP contribution is 2.28. The fraction of sp³-hybridized carbons (Fsp3) is 0.462. The molecule has 0 spiro atoms. The van der Waals surface area contributed by atoms with Crippen LogP contribution >= 0.6 is 0 Å². The highest BCUT2D eigenvalue weighted by atomic mass is 16.5. The number of amides is 1. The van der Waals surface area contributed by atoms with Crippen LogP contribution in [0, 0.1) is 5.92 Å². The summed E-state index contributed by atoms with van der Waals surface area (Å²) >= 11 is 0. The third kappa shape index (κ3) is 2.18. The van der Waals surface area contributed by atoms with Crippen molar-refractivity contribution in [2.45, 2.75) is 26.7 Å². The number of carbonyl (C=O) groups excluding carboxylic acids is 1. The number of anilines is 1. The first-order valence-corrected chi connectivity index (χ1v) is 5.77. The number of ether oxygens (including phenoxy) is 1. The van der Waals surface area contributed by atoms with E-state index < -0.39 is 0 Å². The van der Waals surface area contributed by atoms with Gasteiger partial charge in [-0.05, 0) is 30.2 Å². The monoisotopic (exact) mass is 219 g/mol. The molecule has 86 valence electrons. The van der Waals surface area contributed by atoms with E-state index >= 15 is 0 Å². The van der Waals surface area contributed by atoms with Crippen molar-refractivity contribution >= 4 is 11.6 Å². The van der Waals surface area contributed by atoms with Gasteiger partial charge in [0.25, 0.3) is 0 Å². The molecule has 1 aromatic carbocycles. The Morgan fingerprint density at radius 2 is 2.38 bits per heavy atom. The van der Waals surface area contributed by atoms with Crippen LogP contribution in [0.25, 0.3) is 0 Å². The number of nitrogens with one attached hydrogen (secondary N) is 1. The first kappa shape index (κ1) is 11.0. The SMILES string of the molecule is CCC(C)C(=O)Nc1ccc2c(c1)CCO2. The third-order valence-electron chi connectivity index (χ3n) is 3.02. The minimum atomic E-state index is 0.0597. The summed E-state index contributed by atoms with van der Waals surface area (Å²) in [5.41, 5.74) is 2.05. The Kier molecular flexibility index (Phi) is 3.13. The van der Waals surface area contributed by atoms with Gasteiger partial charge in [0.15, 0.2) is 0 Å². The molecule has 1 aromatic rings. The van der Waals surface area contributed by atoms with E-state index in [0.29, 0.717) is 0 Å². The van der Waals surface area contributed by atoms with E-state index in [0.717, 1.165) is 30.9 Å².